The molecule has 1 aromatic carbocycles. The monoisotopic (exact) mass is 273 g/mol. The Labute approximate surface area is 113 Å². The normalized spacial score (nSPS) is 9.74. The molecule has 0 aliphatic heterocycles. The molecular weight excluding hydrogens is 262 g/mol. The van der Waals surface area contributed by atoms with Crippen LogP contribution in [0.25, 0.3) is 10.4 Å². The van der Waals surface area contributed by atoms with Gasteiger partial charge in [-0.25, -0.2) is 4.98 Å². The maximum Gasteiger partial charge on any atom is 0.263 e. The number of benzene rings is 1. The second kappa shape index (κ2) is 5.99. The van der Waals surface area contributed by atoms with Crippen molar-refractivity contribution >= 4 is 22.4 Å². The zero-order valence-electron chi connectivity index (χ0n) is 10.2. The molecule has 0 spiro atoms. The highest BCUT2D eigenvalue weighted by molar-refractivity contribution is 7.17. The predicted molar refractivity (Wildman–Crippen MR) is 73.3 cm³/mol. The first-order valence-electron chi connectivity index (χ1n) is 5.55. The molecule has 0 fully saturated rings. The fraction of sp³-hybridized carbons (Fsp3) is 0.167. The van der Waals surface area contributed by atoms with E-state index in [1.54, 1.807) is 6.92 Å². The van der Waals surface area contributed by atoms with Crippen molar-refractivity contribution in [1.29, 1.82) is 0 Å². The minimum absolute atomic E-state index is 0.210. The van der Waals surface area contributed by atoms with Gasteiger partial charge in [0.2, 0.25) is 0 Å². The fourth-order valence-electron chi connectivity index (χ4n) is 1.53. The largest absolute Gasteiger partial charge is 0.347 e. The number of rotatable bonds is 4. The molecule has 6 nitrogen and oxygen atoms in total. The van der Waals surface area contributed by atoms with E-state index in [1.807, 2.05) is 30.3 Å². The van der Waals surface area contributed by atoms with Crippen LogP contribution in [0.3, 0.4) is 0 Å². The molecule has 0 aliphatic carbocycles. The lowest BCUT2D eigenvalue weighted by Gasteiger charge is -2.03. The molecule has 2 rings (SSSR count). The third kappa shape index (κ3) is 3.31. The van der Waals surface area contributed by atoms with Gasteiger partial charge in [0.15, 0.2) is 5.13 Å². The number of nitrogens with one attached hydrogen (secondary N) is 1. The summed E-state index contributed by atoms with van der Waals surface area (Å²) in [5, 5.41) is 6.46. The maximum atomic E-state index is 12.0. The average molecular weight is 273 g/mol. The van der Waals surface area contributed by atoms with E-state index in [0.717, 1.165) is 16.9 Å². The van der Waals surface area contributed by atoms with E-state index in [1.165, 1.54) is 0 Å². The third-order valence-corrected chi connectivity index (χ3v) is 3.46. The highest BCUT2D eigenvalue weighted by atomic mass is 32.1. The van der Waals surface area contributed by atoms with Crippen molar-refractivity contribution in [2.75, 3.05) is 0 Å². The minimum atomic E-state index is -0.210. The summed E-state index contributed by atoms with van der Waals surface area (Å²) in [6.45, 7) is 2.16. The number of amides is 1. The van der Waals surface area contributed by atoms with Crippen molar-refractivity contribution in [1.82, 2.24) is 10.3 Å². The maximum absolute atomic E-state index is 12.0. The van der Waals surface area contributed by atoms with E-state index in [9.17, 15) is 4.79 Å². The van der Waals surface area contributed by atoms with E-state index < -0.39 is 0 Å². The van der Waals surface area contributed by atoms with Gasteiger partial charge < -0.3 is 5.32 Å². The lowest BCUT2D eigenvalue weighted by Crippen LogP contribution is -2.22. The molecule has 1 heterocycles. The summed E-state index contributed by atoms with van der Waals surface area (Å²) in [6, 6.07) is 9.62. The Morgan fingerprint density at radius 2 is 2.21 bits per heavy atom. The average Bonchev–Trinajstić information content (AvgIpc) is 2.79. The molecule has 7 heteroatoms. The van der Waals surface area contributed by atoms with Gasteiger partial charge in [-0.1, -0.05) is 30.3 Å². The Kier molecular flexibility index (Phi) is 4.12. The molecule has 0 atom stereocenters. The molecule has 0 saturated carbocycles. The van der Waals surface area contributed by atoms with Crippen LogP contribution in [0.4, 0.5) is 5.13 Å². The zero-order chi connectivity index (χ0) is 13.7. The van der Waals surface area contributed by atoms with Crippen molar-refractivity contribution in [3.05, 3.63) is 56.9 Å². The van der Waals surface area contributed by atoms with Gasteiger partial charge in [-0.05, 0) is 23.1 Å². The summed E-state index contributed by atoms with van der Waals surface area (Å²) in [7, 11) is 0. The van der Waals surface area contributed by atoms with Crippen molar-refractivity contribution < 1.29 is 4.79 Å². The highest BCUT2D eigenvalue weighted by Gasteiger charge is 2.14. The number of carbonyl (C=O) groups excluding carboxylic acids is 1. The Morgan fingerprint density at radius 1 is 1.47 bits per heavy atom. The van der Waals surface area contributed by atoms with E-state index in [0.29, 0.717) is 17.1 Å². The van der Waals surface area contributed by atoms with Gasteiger partial charge in [-0.3, -0.25) is 4.79 Å². The Hall–Kier alpha value is -2.37. The van der Waals surface area contributed by atoms with E-state index in [4.69, 9.17) is 5.53 Å². The van der Waals surface area contributed by atoms with Crippen molar-refractivity contribution in [3.8, 4) is 0 Å². The molecule has 0 saturated heterocycles. The number of azide groups is 1. The van der Waals surface area contributed by atoms with Crippen LogP contribution in [-0.4, -0.2) is 10.9 Å². The fourth-order valence-corrected chi connectivity index (χ4v) is 2.33. The summed E-state index contributed by atoms with van der Waals surface area (Å²) in [5.41, 5.74) is 9.92. The quantitative estimate of drug-likeness (QED) is 0.526. The summed E-state index contributed by atoms with van der Waals surface area (Å²) >= 11 is 1.08. The van der Waals surface area contributed by atoms with E-state index >= 15 is 0 Å². The Morgan fingerprint density at radius 3 is 2.89 bits per heavy atom. The predicted octanol–water partition coefficient (Wildman–Crippen LogP) is 3.32. The molecule has 1 amide bonds. The molecular formula is C12H11N5OS. The molecule has 2 aromatic rings. The highest BCUT2D eigenvalue weighted by Crippen LogP contribution is 2.25. The van der Waals surface area contributed by atoms with Crippen LogP contribution in [0.1, 0.15) is 20.9 Å². The summed E-state index contributed by atoms with van der Waals surface area (Å²) in [6.07, 6.45) is 0. The molecule has 1 N–H and O–H groups in total. The Bertz CT molecular complexity index is 631. The van der Waals surface area contributed by atoms with Crippen LogP contribution in [0.15, 0.2) is 35.4 Å². The van der Waals surface area contributed by atoms with E-state index in [-0.39, 0.29) is 11.0 Å². The molecule has 0 bridgehead atoms. The van der Waals surface area contributed by atoms with Crippen LogP contribution < -0.4 is 5.32 Å². The zero-order valence-corrected chi connectivity index (χ0v) is 11.0. The van der Waals surface area contributed by atoms with Crippen molar-refractivity contribution in [2.45, 2.75) is 13.5 Å². The summed E-state index contributed by atoms with van der Waals surface area (Å²) in [4.78, 5) is 19.1. The topological polar surface area (TPSA) is 90.8 Å². The van der Waals surface area contributed by atoms with Crippen LogP contribution in [0, 0.1) is 6.92 Å². The second-order valence-electron chi connectivity index (χ2n) is 3.77. The standard InChI is InChI=1S/C12H11N5OS/c1-8-10(19-12(15-8)16-17-13)11(18)14-7-9-5-3-2-4-6-9/h2-6H,7H2,1H3,(H,14,18). The second-order valence-corrected chi connectivity index (χ2v) is 4.75. The van der Waals surface area contributed by atoms with Crippen LogP contribution in [0.5, 0.6) is 0 Å². The smallest absolute Gasteiger partial charge is 0.263 e. The first-order valence-corrected chi connectivity index (χ1v) is 6.37. The van der Waals surface area contributed by atoms with Crippen LogP contribution in [0.2, 0.25) is 0 Å². The number of hydrogen-bond acceptors (Lipinski definition) is 4. The third-order valence-electron chi connectivity index (χ3n) is 2.42. The lowest BCUT2D eigenvalue weighted by atomic mass is 10.2. The first kappa shape index (κ1) is 13.1. The van der Waals surface area contributed by atoms with Crippen molar-refractivity contribution in [2.24, 2.45) is 5.11 Å². The van der Waals surface area contributed by atoms with Gasteiger partial charge in [0.1, 0.15) is 4.88 Å². The van der Waals surface area contributed by atoms with Crippen LogP contribution in [-0.2, 0) is 6.54 Å². The molecule has 19 heavy (non-hydrogen) atoms. The van der Waals surface area contributed by atoms with Gasteiger partial charge in [-0.15, -0.1) is 11.3 Å². The molecule has 0 aliphatic rings. The molecule has 1 aromatic heterocycles. The number of nitrogens with zero attached hydrogens (tertiary/aromatic N) is 4. The number of hydrogen-bond donors (Lipinski definition) is 1. The van der Waals surface area contributed by atoms with Gasteiger partial charge >= 0.3 is 0 Å². The minimum Gasteiger partial charge on any atom is -0.347 e. The van der Waals surface area contributed by atoms with Gasteiger partial charge in [0.05, 0.1) is 5.69 Å². The van der Waals surface area contributed by atoms with Gasteiger partial charge in [0, 0.05) is 11.5 Å². The number of carbonyl (C=O) groups is 1. The van der Waals surface area contributed by atoms with Gasteiger partial charge in [-0.2, -0.15) is 0 Å². The number of thiazole rings is 1. The number of aryl methyl sites for hydroxylation is 1. The van der Waals surface area contributed by atoms with Gasteiger partial charge in [0.25, 0.3) is 5.91 Å². The van der Waals surface area contributed by atoms with E-state index in [2.05, 4.69) is 20.3 Å². The molecule has 96 valence electrons. The summed E-state index contributed by atoms with van der Waals surface area (Å²) < 4.78 is 0. The molecule has 0 unspecified atom stereocenters. The SMILES string of the molecule is Cc1nc(N=[N+]=[N-])sc1C(=O)NCc1ccccc1. The summed E-state index contributed by atoms with van der Waals surface area (Å²) in [5.74, 6) is -0.210. The first-order chi connectivity index (χ1) is 9.20. The Balaban J connectivity index is 2.06. The number of aromatic nitrogens is 1. The molecule has 0 radical (unpaired) electrons. The lowest BCUT2D eigenvalue weighted by molar-refractivity contribution is 0.0954. The van der Waals surface area contributed by atoms with Crippen LogP contribution >= 0.6 is 11.3 Å². The van der Waals surface area contributed by atoms with Crippen molar-refractivity contribution in [3.63, 3.8) is 0 Å².